The van der Waals surface area contributed by atoms with Gasteiger partial charge >= 0.3 is 5.97 Å². The fourth-order valence-corrected chi connectivity index (χ4v) is 3.06. The number of rotatable bonds is 8. The molecule has 0 spiro atoms. The van der Waals surface area contributed by atoms with Gasteiger partial charge in [0.1, 0.15) is 0 Å². The van der Waals surface area contributed by atoms with Crippen LogP contribution in [0.4, 0.5) is 0 Å². The topological polar surface area (TPSA) is 86.6 Å². The van der Waals surface area contributed by atoms with Crippen molar-refractivity contribution in [3.63, 3.8) is 0 Å². The molecule has 1 aliphatic rings. The number of amides is 1. The SMILES string of the molecule is CCCCC[C@H]1CC[C@H](C(=O)N[C@@H](C(=O)O)[C@@H](C)O)CC1. The van der Waals surface area contributed by atoms with Crippen molar-refractivity contribution >= 4 is 11.9 Å². The Morgan fingerprint density at radius 1 is 1.19 bits per heavy atom. The summed E-state index contributed by atoms with van der Waals surface area (Å²) >= 11 is 0. The fraction of sp³-hybridized carbons (Fsp3) is 0.875. The van der Waals surface area contributed by atoms with E-state index in [1.54, 1.807) is 0 Å². The molecule has 0 saturated heterocycles. The number of nitrogens with one attached hydrogen (secondary N) is 1. The summed E-state index contributed by atoms with van der Waals surface area (Å²) in [7, 11) is 0. The number of carboxylic acid groups (broad SMARTS) is 1. The monoisotopic (exact) mass is 299 g/mol. The number of unbranched alkanes of at least 4 members (excludes halogenated alkanes) is 2. The molecule has 1 rings (SSSR count). The Balaban J connectivity index is 2.36. The molecule has 1 fully saturated rings. The van der Waals surface area contributed by atoms with Gasteiger partial charge in [-0.3, -0.25) is 4.79 Å². The highest BCUT2D eigenvalue weighted by molar-refractivity contribution is 5.85. The second-order valence-electron chi connectivity index (χ2n) is 6.28. The maximum absolute atomic E-state index is 12.1. The molecule has 5 nitrogen and oxygen atoms in total. The van der Waals surface area contributed by atoms with Crippen molar-refractivity contribution in [1.82, 2.24) is 5.32 Å². The van der Waals surface area contributed by atoms with Gasteiger partial charge in [-0.05, 0) is 38.5 Å². The first-order valence-electron chi connectivity index (χ1n) is 8.17. The molecule has 1 aliphatic carbocycles. The molecule has 2 atom stereocenters. The van der Waals surface area contributed by atoms with E-state index in [4.69, 9.17) is 5.11 Å². The van der Waals surface area contributed by atoms with Crippen molar-refractivity contribution in [2.45, 2.75) is 77.4 Å². The third-order valence-electron chi connectivity index (χ3n) is 4.48. The average Bonchev–Trinajstić information content (AvgIpc) is 2.44. The van der Waals surface area contributed by atoms with Gasteiger partial charge in [-0.15, -0.1) is 0 Å². The number of carbonyl (C=O) groups is 2. The lowest BCUT2D eigenvalue weighted by Crippen LogP contribution is -2.49. The fourth-order valence-electron chi connectivity index (χ4n) is 3.06. The summed E-state index contributed by atoms with van der Waals surface area (Å²) in [5, 5.41) is 20.8. The van der Waals surface area contributed by atoms with E-state index in [0.29, 0.717) is 5.92 Å². The van der Waals surface area contributed by atoms with Crippen LogP contribution in [0, 0.1) is 11.8 Å². The van der Waals surface area contributed by atoms with Crippen LogP contribution in [0.15, 0.2) is 0 Å². The van der Waals surface area contributed by atoms with Gasteiger partial charge in [0.05, 0.1) is 6.10 Å². The molecule has 0 unspecified atom stereocenters. The van der Waals surface area contributed by atoms with E-state index < -0.39 is 18.1 Å². The lowest BCUT2D eigenvalue weighted by molar-refractivity contribution is -0.145. The molecule has 0 aromatic rings. The highest BCUT2D eigenvalue weighted by Crippen LogP contribution is 2.32. The molecule has 0 aromatic heterocycles. The standard InChI is InChI=1S/C16H29NO4/c1-3-4-5-6-12-7-9-13(10-8-12)15(19)17-14(11(2)18)16(20)21/h11-14,18H,3-10H2,1-2H3,(H,17,19)(H,20,21)/t11-,12-,13-,14-/m1/s1. The number of hydrogen-bond donors (Lipinski definition) is 3. The van der Waals surface area contributed by atoms with Crippen molar-refractivity contribution in [2.75, 3.05) is 0 Å². The summed E-state index contributed by atoms with van der Waals surface area (Å²) in [6.45, 7) is 3.58. The van der Waals surface area contributed by atoms with Gasteiger partial charge in [0.15, 0.2) is 6.04 Å². The molecule has 5 heteroatoms. The zero-order valence-electron chi connectivity index (χ0n) is 13.2. The highest BCUT2D eigenvalue weighted by Gasteiger charge is 2.31. The zero-order valence-corrected chi connectivity index (χ0v) is 13.2. The van der Waals surface area contributed by atoms with Gasteiger partial charge < -0.3 is 15.5 Å². The molecule has 0 aliphatic heterocycles. The zero-order chi connectivity index (χ0) is 15.8. The second kappa shape index (κ2) is 9.03. The first-order chi connectivity index (χ1) is 9.95. The van der Waals surface area contributed by atoms with Gasteiger partial charge in [0.2, 0.25) is 5.91 Å². The van der Waals surface area contributed by atoms with Crippen LogP contribution in [0.5, 0.6) is 0 Å². The number of carboxylic acids is 1. The lowest BCUT2D eigenvalue weighted by Gasteiger charge is -2.29. The van der Waals surface area contributed by atoms with Crippen molar-refractivity contribution < 1.29 is 19.8 Å². The highest BCUT2D eigenvalue weighted by atomic mass is 16.4. The summed E-state index contributed by atoms with van der Waals surface area (Å²) in [5.74, 6) is -0.803. The third-order valence-corrected chi connectivity index (χ3v) is 4.48. The summed E-state index contributed by atoms with van der Waals surface area (Å²) in [6.07, 6.45) is 7.68. The Labute approximate surface area is 127 Å². The van der Waals surface area contributed by atoms with Crippen LogP contribution >= 0.6 is 0 Å². The number of aliphatic hydroxyl groups is 1. The Morgan fingerprint density at radius 3 is 2.29 bits per heavy atom. The van der Waals surface area contributed by atoms with Crippen LogP contribution in [0.2, 0.25) is 0 Å². The normalized spacial score (nSPS) is 25.1. The van der Waals surface area contributed by atoms with Crippen LogP contribution in [-0.4, -0.2) is 34.2 Å². The van der Waals surface area contributed by atoms with Crippen LogP contribution in [0.1, 0.15) is 65.2 Å². The summed E-state index contributed by atoms with van der Waals surface area (Å²) in [6, 6.07) is -1.21. The minimum Gasteiger partial charge on any atom is -0.480 e. The van der Waals surface area contributed by atoms with Crippen molar-refractivity contribution in [1.29, 1.82) is 0 Å². The van der Waals surface area contributed by atoms with E-state index in [-0.39, 0.29) is 11.8 Å². The van der Waals surface area contributed by atoms with E-state index in [1.165, 1.54) is 32.6 Å². The first kappa shape index (κ1) is 18.0. The molecular weight excluding hydrogens is 270 g/mol. The molecule has 0 radical (unpaired) electrons. The summed E-state index contributed by atoms with van der Waals surface area (Å²) in [5.41, 5.74) is 0. The molecule has 3 N–H and O–H groups in total. The Kier molecular flexibility index (Phi) is 7.72. The molecule has 0 heterocycles. The summed E-state index contributed by atoms with van der Waals surface area (Å²) in [4.78, 5) is 23.1. The van der Waals surface area contributed by atoms with Gasteiger partial charge in [0.25, 0.3) is 0 Å². The number of aliphatic hydroxyl groups excluding tert-OH is 1. The Bertz CT molecular complexity index is 335. The molecule has 1 saturated carbocycles. The average molecular weight is 299 g/mol. The van der Waals surface area contributed by atoms with Gasteiger partial charge in [-0.2, -0.15) is 0 Å². The largest absolute Gasteiger partial charge is 0.480 e. The molecule has 122 valence electrons. The minimum absolute atomic E-state index is 0.104. The van der Waals surface area contributed by atoms with E-state index in [9.17, 15) is 14.7 Å². The third kappa shape index (κ3) is 6.04. The van der Waals surface area contributed by atoms with E-state index >= 15 is 0 Å². The predicted molar refractivity (Wildman–Crippen MR) is 80.8 cm³/mol. The maximum Gasteiger partial charge on any atom is 0.328 e. The molecule has 0 bridgehead atoms. The van der Waals surface area contributed by atoms with Crippen LogP contribution in [0.3, 0.4) is 0 Å². The smallest absolute Gasteiger partial charge is 0.328 e. The minimum atomic E-state index is -1.21. The lowest BCUT2D eigenvalue weighted by atomic mass is 9.79. The predicted octanol–water partition coefficient (Wildman–Crippen LogP) is 2.32. The molecule has 0 aromatic carbocycles. The van der Waals surface area contributed by atoms with Crippen molar-refractivity contribution in [3.05, 3.63) is 0 Å². The number of hydrogen-bond acceptors (Lipinski definition) is 3. The Morgan fingerprint density at radius 2 is 1.81 bits per heavy atom. The van der Waals surface area contributed by atoms with E-state index in [2.05, 4.69) is 12.2 Å². The van der Waals surface area contributed by atoms with Gasteiger partial charge in [0, 0.05) is 5.92 Å². The van der Waals surface area contributed by atoms with E-state index in [1.807, 2.05) is 0 Å². The Hall–Kier alpha value is -1.10. The van der Waals surface area contributed by atoms with Crippen molar-refractivity contribution in [2.24, 2.45) is 11.8 Å². The van der Waals surface area contributed by atoms with Gasteiger partial charge in [-0.25, -0.2) is 4.79 Å². The molecular formula is C16H29NO4. The maximum atomic E-state index is 12.1. The summed E-state index contributed by atoms with van der Waals surface area (Å²) < 4.78 is 0. The first-order valence-corrected chi connectivity index (χ1v) is 8.17. The van der Waals surface area contributed by atoms with Crippen molar-refractivity contribution in [3.8, 4) is 0 Å². The van der Waals surface area contributed by atoms with Gasteiger partial charge in [-0.1, -0.05) is 32.6 Å². The number of aliphatic carboxylic acids is 1. The van der Waals surface area contributed by atoms with Crippen LogP contribution in [0.25, 0.3) is 0 Å². The number of carbonyl (C=O) groups excluding carboxylic acids is 1. The second-order valence-corrected chi connectivity index (χ2v) is 6.28. The molecule has 1 amide bonds. The quantitative estimate of drug-likeness (QED) is 0.600. The van der Waals surface area contributed by atoms with Crippen LogP contribution in [-0.2, 0) is 9.59 Å². The van der Waals surface area contributed by atoms with E-state index in [0.717, 1.165) is 25.7 Å². The van der Waals surface area contributed by atoms with Crippen LogP contribution < -0.4 is 5.32 Å². The molecule has 21 heavy (non-hydrogen) atoms.